The van der Waals surface area contributed by atoms with Crippen LogP contribution >= 0.6 is 0 Å². The second kappa shape index (κ2) is 65.8. The number of carbonyl (C=O) groups is 1. The third-order valence-corrected chi connectivity index (χ3v) is 16.8. The summed E-state index contributed by atoms with van der Waals surface area (Å²) in [6, 6.07) is -0.829. The molecule has 0 spiro atoms. The number of allylic oxidation sites excluding steroid dienone is 17. The van der Waals surface area contributed by atoms with Crippen molar-refractivity contribution < 1.29 is 39.8 Å². The van der Waals surface area contributed by atoms with Crippen LogP contribution in [-0.4, -0.2) is 87.5 Å². The van der Waals surface area contributed by atoms with Crippen molar-refractivity contribution in [2.45, 2.75) is 365 Å². The van der Waals surface area contributed by atoms with Crippen LogP contribution in [0.15, 0.2) is 109 Å². The van der Waals surface area contributed by atoms with Crippen molar-refractivity contribution >= 4 is 5.91 Å². The smallest absolute Gasteiger partial charge is 0.220 e. The summed E-state index contributed by atoms with van der Waals surface area (Å²) in [7, 11) is 0. The molecule has 1 aliphatic rings. The largest absolute Gasteiger partial charge is 0.394 e. The first-order valence-corrected chi connectivity index (χ1v) is 36.6. The molecule has 7 unspecified atom stereocenters. The van der Waals surface area contributed by atoms with Gasteiger partial charge in [-0.15, -0.1) is 0 Å². The molecule has 502 valence electrons. The van der Waals surface area contributed by atoms with E-state index in [1.807, 2.05) is 6.08 Å². The van der Waals surface area contributed by atoms with Gasteiger partial charge in [0.05, 0.1) is 25.4 Å². The van der Waals surface area contributed by atoms with Gasteiger partial charge in [-0.1, -0.05) is 335 Å². The molecule has 0 aromatic carbocycles. The fourth-order valence-electron chi connectivity index (χ4n) is 11.2. The third-order valence-electron chi connectivity index (χ3n) is 16.8. The Morgan fingerprint density at radius 3 is 1.10 bits per heavy atom. The van der Waals surface area contributed by atoms with Gasteiger partial charge in [0, 0.05) is 6.42 Å². The molecule has 7 atom stereocenters. The first-order valence-electron chi connectivity index (χ1n) is 36.6. The van der Waals surface area contributed by atoms with Crippen LogP contribution in [0.1, 0.15) is 322 Å². The Hall–Kier alpha value is -3.15. The molecule has 0 aromatic rings. The summed E-state index contributed by atoms with van der Waals surface area (Å²) >= 11 is 0. The van der Waals surface area contributed by atoms with Crippen LogP contribution in [0.3, 0.4) is 0 Å². The zero-order chi connectivity index (χ0) is 62.8. The average molecular weight is 1220 g/mol. The fourth-order valence-corrected chi connectivity index (χ4v) is 11.2. The van der Waals surface area contributed by atoms with Crippen LogP contribution in [0.4, 0.5) is 0 Å². The fraction of sp³-hybridized carbons (Fsp3) is 0.756. The van der Waals surface area contributed by atoms with Crippen molar-refractivity contribution in [1.82, 2.24) is 5.32 Å². The first kappa shape index (κ1) is 81.9. The molecule has 87 heavy (non-hydrogen) atoms. The third kappa shape index (κ3) is 54.3. The molecule has 6 N–H and O–H groups in total. The zero-order valence-electron chi connectivity index (χ0n) is 56.2. The Kier molecular flexibility index (Phi) is 61.9. The van der Waals surface area contributed by atoms with Gasteiger partial charge < -0.3 is 40.3 Å². The van der Waals surface area contributed by atoms with E-state index >= 15 is 0 Å². The molecule has 9 heteroatoms. The molecular formula is C78H137NO8. The molecule has 1 amide bonds. The maximum Gasteiger partial charge on any atom is 0.220 e. The normalized spacial score (nSPS) is 18.6. The molecule has 1 fully saturated rings. The second-order valence-electron chi connectivity index (χ2n) is 25.0. The molecule has 9 nitrogen and oxygen atoms in total. The lowest BCUT2D eigenvalue weighted by Crippen LogP contribution is -2.60. The summed E-state index contributed by atoms with van der Waals surface area (Å²) in [6.45, 7) is 3.68. The van der Waals surface area contributed by atoms with Crippen molar-refractivity contribution in [2.24, 2.45) is 0 Å². The summed E-state index contributed by atoms with van der Waals surface area (Å²) < 4.78 is 11.3. The Balaban J connectivity index is 2.13. The van der Waals surface area contributed by atoms with Crippen molar-refractivity contribution in [2.75, 3.05) is 13.2 Å². The van der Waals surface area contributed by atoms with E-state index in [-0.39, 0.29) is 12.5 Å². The predicted molar refractivity (Wildman–Crippen MR) is 373 cm³/mol. The number of unbranched alkanes of at least 4 members (excludes halogenated alkanes) is 37. The molecule has 0 radical (unpaired) electrons. The van der Waals surface area contributed by atoms with Crippen LogP contribution in [-0.2, 0) is 14.3 Å². The van der Waals surface area contributed by atoms with E-state index in [1.54, 1.807) is 6.08 Å². The van der Waals surface area contributed by atoms with Crippen molar-refractivity contribution in [3.05, 3.63) is 109 Å². The van der Waals surface area contributed by atoms with E-state index < -0.39 is 49.5 Å². The van der Waals surface area contributed by atoms with E-state index in [0.717, 1.165) is 83.5 Å². The van der Waals surface area contributed by atoms with Crippen LogP contribution in [0.2, 0.25) is 0 Å². The van der Waals surface area contributed by atoms with Gasteiger partial charge in [0.25, 0.3) is 0 Å². The lowest BCUT2D eigenvalue weighted by atomic mass is 9.99. The number of amides is 1. The Morgan fingerprint density at radius 2 is 0.724 bits per heavy atom. The molecule has 0 bridgehead atoms. The molecule has 0 aromatic heterocycles. The number of aliphatic hydroxyl groups excluding tert-OH is 5. The quantitative estimate of drug-likeness (QED) is 0.0261. The SMILES string of the molecule is CC/C=C\C/C=C\C/C=C\C/C=C\C/C=C\C/C=C\C/C=C\CCCCCCCCCCCCCCCCCC(=O)NC(COC1OC(CO)C(O)C(O)C1O)C(O)/C=C/CC/C=C/CCCCCCCCCCCCCCCCCCCCCCC. The number of ether oxygens (including phenoxy) is 2. The van der Waals surface area contributed by atoms with Crippen molar-refractivity contribution in [1.29, 1.82) is 0 Å². The van der Waals surface area contributed by atoms with Gasteiger partial charge in [-0.2, -0.15) is 0 Å². The van der Waals surface area contributed by atoms with E-state index in [9.17, 15) is 30.3 Å². The maximum absolute atomic E-state index is 13.1. The van der Waals surface area contributed by atoms with E-state index in [2.05, 4.69) is 116 Å². The standard InChI is InChI=1S/C78H137NO8/c1-3-5-7-9-11-13-15-17-19-21-23-25-27-29-31-32-33-34-35-36-37-38-39-40-42-44-46-48-50-52-54-56-58-60-62-64-66-68-74(82)79-71(70-86-78-77(85)76(84)75(83)73(69-80)87-78)72(81)67-65-63-61-59-57-55-53-51-49-47-45-43-41-30-28-26-24-22-20-18-16-14-12-10-8-6-4-2/h5,7,11,13,17,19,23,25,29,31,33-34,36-37,57,59,65,67,71-73,75-78,80-81,83-85H,3-4,6,8-10,12,14-16,18,20-22,24,26-28,30,32,35,38-56,58,60-64,66,68-70H2,1-2H3,(H,79,82)/b7-5-,13-11-,19-17-,25-23-,31-29-,34-33-,37-36-,59-57+,67-65+. The number of rotatable bonds is 63. The lowest BCUT2D eigenvalue weighted by molar-refractivity contribution is -0.302. The maximum atomic E-state index is 13.1. The van der Waals surface area contributed by atoms with Crippen LogP contribution in [0, 0.1) is 0 Å². The Bertz CT molecular complexity index is 1750. The minimum atomic E-state index is -1.58. The molecule has 1 heterocycles. The Labute approximate surface area is 536 Å². The molecule has 0 saturated carbocycles. The number of carbonyl (C=O) groups excluding carboxylic acids is 1. The van der Waals surface area contributed by atoms with E-state index in [4.69, 9.17) is 9.47 Å². The average Bonchev–Trinajstić information content (AvgIpc) is 3.37. The van der Waals surface area contributed by atoms with E-state index in [1.165, 1.54) is 218 Å². The number of hydrogen-bond acceptors (Lipinski definition) is 8. The summed E-state index contributed by atoms with van der Waals surface area (Å²) in [6.07, 6.45) is 90.6. The summed E-state index contributed by atoms with van der Waals surface area (Å²) in [5.41, 5.74) is 0. The minimum Gasteiger partial charge on any atom is -0.394 e. The van der Waals surface area contributed by atoms with Gasteiger partial charge in [-0.3, -0.25) is 4.79 Å². The molecule has 1 saturated heterocycles. The number of hydrogen-bond donors (Lipinski definition) is 6. The number of nitrogens with one attached hydrogen (secondary N) is 1. The highest BCUT2D eigenvalue weighted by Gasteiger charge is 2.44. The summed E-state index contributed by atoms with van der Waals surface area (Å²) in [5, 5.41) is 54.8. The van der Waals surface area contributed by atoms with E-state index in [0.29, 0.717) is 6.42 Å². The monoisotopic (exact) mass is 1220 g/mol. The van der Waals surface area contributed by atoms with Crippen LogP contribution in [0.25, 0.3) is 0 Å². The van der Waals surface area contributed by atoms with Gasteiger partial charge in [-0.25, -0.2) is 0 Å². The highest BCUT2D eigenvalue weighted by atomic mass is 16.7. The minimum absolute atomic E-state index is 0.187. The van der Waals surface area contributed by atoms with Crippen LogP contribution < -0.4 is 5.32 Å². The topological polar surface area (TPSA) is 149 Å². The lowest BCUT2D eigenvalue weighted by Gasteiger charge is -2.40. The first-order chi connectivity index (χ1) is 42.8. The highest BCUT2D eigenvalue weighted by Crippen LogP contribution is 2.23. The van der Waals surface area contributed by atoms with Gasteiger partial charge >= 0.3 is 0 Å². The van der Waals surface area contributed by atoms with Gasteiger partial charge in [0.15, 0.2) is 6.29 Å². The molecular weight excluding hydrogens is 1080 g/mol. The second-order valence-corrected chi connectivity index (χ2v) is 25.0. The molecule has 1 rings (SSSR count). The predicted octanol–water partition coefficient (Wildman–Crippen LogP) is 20.4. The van der Waals surface area contributed by atoms with Crippen molar-refractivity contribution in [3.63, 3.8) is 0 Å². The molecule has 0 aliphatic carbocycles. The Morgan fingerprint density at radius 1 is 0.402 bits per heavy atom. The molecule has 1 aliphatic heterocycles. The van der Waals surface area contributed by atoms with Gasteiger partial charge in [0.1, 0.15) is 24.4 Å². The number of aliphatic hydroxyl groups is 5. The van der Waals surface area contributed by atoms with Gasteiger partial charge in [-0.05, 0) is 89.9 Å². The zero-order valence-corrected chi connectivity index (χ0v) is 56.2. The van der Waals surface area contributed by atoms with Crippen LogP contribution in [0.5, 0.6) is 0 Å². The highest BCUT2D eigenvalue weighted by molar-refractivity contribution is 5.76. The van der Waals surface area contributed by atoms with Gasteiger partial charge in [0.2, 0.25) is 5.91 Å². The summed E-state index contributed by atoms with van der Waals surface area (Å²) in [5.74, 6) is -0.187. The van der Waals surface area contributed by atoms with Crippen molar-refractivity contribution in [3.8, 4) is 0 Å². The summed E-state index contributed by atoms with van der Waals surface area (Å²) in [4.78, 5) is 13.1.